The van der Waals surface area contributed by atoms with Gasteiger partial charge in [-0.2, -0.15) is 0 Å². The zero-order valence-electron chi connectivity index (χ0n) is 9.27. The van der Waals surface area contributed by atoms with E-state index in [1.54, 1.807) is 0 Å². The molecule has 1 aromatic carbocycles. The maximum absolute atomic E-state index is 8.91. The van der Waals surface area contributed by atoms with Crippen molar-refractivity contribution < 1.29 is 14.6 Å². The summed E-state index contributed by atoms with van der Waals surface area (Å²) in [6, 6.07) is 7.59. The summed E-state index contributed by atoms with van der Waals surface area (Å²) in [5.74, 6) is 0. The van der Waals surface area contributed by atoms with E-state index in [1.165, 1.54) is 0 Å². The average Bonchev–Trinajstić information content (AvgIpc) is 2.29. The zero-order chi connectivity index (χ0) is 11.1. The topological polar surface area (TPSA) is 38.7 Å². The third kappa shape index (κ3) is 3.63. The highest BCUT2D eigenvalue weighted by molar-refractivity contribution is 5.22. The minimum absolute atomic E-state index is 0.0637. The van der Waals surface area contributed by atoms with Gasteiger partial charge in [-0.05, 0) is 19.4 Å². The van der Waals surface area contributed by atoms with Crippen LogP contribution in [0.25, 0.3) is 0 Å². The molecule has 15 heavy (non-hydrogen) atoms. The van der Waals surface area contributed by atoms with Crippen molar-refractivity contribution in [3.63, 3.8) is 0 Å². The molecule has 1 rings (SSSR count). The lowest BCUT2D eigenvalue weighted by Gasteiger charge is -2.17. The Kier molecular flexibility index (Phi) is 5.32. The highest BCUT2D eigenvalue weighted by atomic mass is 16.7. The van der Waals surface area contributed by atoms with Crippen molar-refractivity contribution >= 4 is 0 Å². The molecule has 0 saturated heterocycles. The summed E-state index contributed by atoms with van der Waals surface area (Å²) in [5.41, 5.74) is 1.88. The number of hydrogen-bond donors (Lipinski definition) is 1. The monoisotopic (exact) mass is 210 g/mol. The summed E-state index contributed by atoms with van der Waals surface area (Å²) in [5, 5.41) is 8.91. The fraction of sp³-hybridized carbons (Fsp3) is 0.500. The number of benzene rings is 1. The molecule has 84 valence electrons. The molecule has 0 fully saturated rings. The van der Waals surface area contributed by atoms with Crippen LogP contribution in [-0.4, -0.2) is 18.3 Å². The fourth-order valence-electron chi connectivity index (χ4n) is 1.32. The largest absolute Gasteiger partial charge is 0.392 e. The van der Waals surface area contributed by atoms with Crippen molar-refractivity contribution in [1.29, 1.82) is 0 Å². The second-order valence-electron chi connectivity index (χ2n) is 3.14. The SMILES string of the molecule is CCOC(OCC)c1ccc(CO)cc1. The van der Waals surface area contributed by atoms with E-state index in [9.17, 15) is 0 Å². The maximum atomic E-state index is 8.91. The number of hydrogen-bond acceptors (Lipinski definition) is 3. The molecule has 0 heterocycles. The molecule has 0 atom stereocenters. The van der Waals surface area contributed by atoms with Gasteiger partial charge in [0.25, 0.3) is 0 Å². The molecule has 0 aliphatic heterocycles. The molecule has 0 unspecified atom stereocenters. The van der Waals surface area contributed by atoms with E-state index < -0.39 is 0 Å². The van der Waals surface area contributed by atoms with Crippen LogP contribution in [0, 0.1) is 0 Å². The van der Waals surface area contributed by atoms with E-state index in [1.807, 2.05) is 38.1 Å². The van der Waals surface area contributed by atoms with Gasteiger partial charge >= 0.3 is 0 Å². The van der Waals surface area contributed by atoms with Gasteiger partial charge in [-0.15, -0.1) is 0 Å². The van der Waals surface area contributed by atoms with Crippen molar-refractivity contribution in [3.8, 4) is 0 Å². The van der Waals surface area contributed by atoms with Crippen LogP contribution in [0.3, 0.4) is 0 Å². The van der Waals surface area contributed by atoms with Crippen LogP contribution < -0.4 is 0 Å². The highest BCUT2D eigenvalue weighted by Crippen LogP contribution is 2.19. The van der Waals surface area contributed by atoms with Crippen LogP contribution in [0.4, 0.5) is 0 Å². The van der Waals surface area contributed by atoms with Gasteiger partial charge in [0, 0.05) is 18.8 Å². The van der Waals surface area contributed by atoms with Gasteiger partial charge in [-0.1, -0.05) is 24.3 Å². The molecule has 0 radical (unpaired) electrons. The van der Waals surface area contributed by atoms with Crippen molar-refractivity contribution in [2.75, 3.05) is 13.2 Å². The minimum Gasteiger partial charge on any atom is -0.392 e. The molecule has 1 aromatic rings. The Balaban J connectivity index is 2.72. The smallest absolute Gasteiger partial charge is 0.183 e. The van der Waals surface area contributed by atoms with Crippen LogP contribution >= 0.6 is 0 Å². The number of rotatable bonds is 6. The molecule has 0 bridgehead atoms. The Morgan fingerprint density at radius 3 is 2.00 bits per heavy atom. The van der Waals surface area contributed by atoms with Gasteiger partial charge < -0.3 is 14.6 Å². The van der Waals surface area contributed by atoms with Gasteiger partial charge in [-0.3, -0.25) is 0 Å². The molecular formula is C12H18O3. The number of aliphatic hydroxyl groups excluding tert-OH is 1. The Hall–Kier alpha value is -0.900. The van der Waals surface area contributed by atoms with Crippen LogP contribution in [0.1, 0.15) is 31.3 Å². The predicted molar refractivity (Wildman–Crippen MR) is 58.4 cm³/mol. The van der Waals surface area contributed by atoms with Gasteiger partial charge in [0.15, 0.2) is 6.29 Å². The molecule has 1 N–H and O–H groups in total. The van der Waals surface area contributed by atoms with E-state index in [4.69, 9.17) is 14.6 Å². The van der Waals surface area contributed by atoms with Crippen molar-refractivity contribution in [3.05, 3.63) is 35.4 Å². The van der Waals surface area contributed by atoms with E-state index in [2.05, 4.69) is 0 Å². The summed E-state index contributed by atoms with van der Waals surface area (Å²) >= 11 is 0. The predicted octanol–water partition coefficient (Wildman–Crippen LogP) is 2.25. The summed E-state index contributed by atoms with van der Waals surface area (Å²) < 4.78 is 10.9. The van der Waals surface area contributed by atoms with Gasteiger partial charge in [-0.25, -0.2) is 0 Å². The first-order valence-electron chi connectivity index (χ1n) is 5.24. The Morgan fingerprint density at radius 1 is 1.07 bits per heavy atom. The van der Waals surface area contributed by atoms with E-state index in [-0.39, 0.29) is 12.9 Å². The third-order valence-corrected chi connectivity index (χ3v) is 2.07. The third-order valence-electron chi connectivity index (χ3n) is 2.07. The van der Waals surface area contributed by atoms with E-state index >= 15 is 0 Å². The molecular weight excluding hydrogens is 192 g/mol. The van der Waals surface area contributed by atoms with Crippen molar-refractivity contribution in [2.24, 2.45) is 0 Å². The molecule has 0 amide bonds. The van der Waals surface area contributed by atoms with Crippen LogP contribution in [0.15, 0.2) is 24.3 Å². The summed E-state index contributed by atoms with van der Waals surface area (Å²) in [6.45, 7) is 5.18. The highest BCUT2D eigenvalue weighted by Gasteiger charge is 2.10. The lowest BCUT2D eigenvalue weighted by atomic mass is 10.1. The summed E-state index contributed by atoms with van der Waals surface area (Å²) in [7, 11) is 0. The Morgan fingerprint density at radius 2 is 1.60 bits per heavy atom. The Bertz CT molecular complexity index is 263. The molecule has 0 saturated carbocycles. The molecule has 3 nitrogen and oxygen atoms in total. The quantitative estimate of drug-likeness (QED) is 0.732. The molecule has 0 aliphatic carbocycles. The second kappa shape index (κ2) is 6.56. The number of aliphatic hydroxyl groups is 1. The van der Waals surface area contributed by atoms with E-state index in [0.29, 0.717) is 13.2 Å². The summed E-state index contributed by atoms with van der Waals surface area (Å²) in [4.78, 5) is 0. The van der Waals surface area contributed by atoms with Crippen molar-refractivity contribution in [1.82, 2.24) is 0 Å². The maximum Gasteiger partial charge on any atom is 0.183 e. The van der Waals surface area contributed by atoms with Crippen LogP contribution in [-0.2, 0) is 16.1 Å². The van der Waals surface area contributed by atoms with Crippen molar-refractivity contribution in [2.45, 2.75) is 26.7 Å². The van der Waals surface area contributed by atoms with Crippen LogP contribution in [0.2, 0.25) is 0 Å². The first-order valence-corrected chi connectivity index (χ1v) is 5.24. The number of ether oxygens (including phenoxy) is 2. The minimum atomic E-state index is -0.298. The van der Waals surface area contributed by atoms with E-state index in [0.717, 1.165) is 11.1 Å². The average molecular weight is 210 g/mol. The first-order chi connectivity index (χ1) is 7.31. The summed E-state index contributed by atoms with van der Waals surface area (Å²) in [6.07, 6.45) is -0.298. The second-order valence-corrected chi connectivity index (χ2v) is 3.14. The normalized spacial score (nSPS) is 10.9. The van der Waals surface area contributed by atoms with Gasteiger partial charge in [0.2, 0.25) is 0 Å². The van der Waals surface area contributed by atoms with Crippen LogP contribution in [0.5, 0.6) is 0 Å². The Labute approximate surface area is 90.6 Å². The zero-order valence-corrected chi connectivity index (χ0v) is 9.27. The van der Waals surface area contributed by atoms with Gasteiger partial charge in [0.1, 0.15) is 0 Å². The standard InChI is InChI=1S/C12H18O3/c1-3-14-12(15-4-2)11-7-5-10(9-13)6-8-11/h5-8,12-13H,3-4,9H2,1-2H3. The molecule has 3 heteroatoms. The first kappa shape index (κ1) is 12.2. The van der Waals surface area contributed by atoms with Gasteiger partial charge in [0.05, 0.1) is 6.61 Å². The fourth-order valence-corrected chi connectivity index (χ4v) is 1.32. The molecule has 0 aliphatic rings. The lowest BCUT2D eigenvalue weighted by molar-refractivity contribution is -0.140. The lowest BCUT2D eigenvalue weighted by Crippen LogP contribution is -2.08. The molecule has 0 aromatic heterocycles. The molecule has 0 spiro atoms.